The summed E-state index contributed by atoms with van der Waals surface area (Å²) in [6, 6.07) is 12.3. The second-order valence-corrected chi connectivity index (χ2v) is 6.39. The lowest BCUT2D eigenvalue weighted by Crippen LogP contribution is -2.49. The lowest BCUT2D eigenvalue weighted by atomic mass is 9.84. The zero-order valence-corrected chi connectivity index (χ0v) is 14.9. The highest BCUT2D eigenvalue weighted by Crippen LogP contribution is 2.31. The Morgan fingerprint density at radius 1 is 1.23 bits per heavy atom. The third-order valence-electron chi connectivity index (χ3n) is 4.37. The highest BCUT2D eigenvalue weighted by molar-refractivity contribution is 6.30. The van der Waals surface area contributed by atoms with Crippen LogP contribution in [0.5, 0.6) is 0 Å². The van der Waals surface area contributed by atoms with Crippen molar-refractivity contribution in [2.24, 2.45) is 0 Å². The van der Waals surface area contributed by atoms with Crippen LogP contribution in [-0.4, -0.2) is 43.1 Å². The lowest BCUT2D eigenvalue weighted by Gasteiger charge is -2.29. The van der Waals surface area contributed by atoms with Crippen LogP contribution in [0.25, 0.3) is 0 Å². The molecule has 2 aromatic rings. The van der Waals surface area contributed by atoms with Gasteiger partial charge >= 0.3 is 6.09 Å². The molecule has 2 amide bonds. The molecule has 1 fully saturated rings. The van der Waals surface area contributed by atoms with E-state index in [0.717, 1.165) is 10.5 Å². The van der Waals surface area contributed by atoms with Gasteiger partial charge in [0.05, 0.1) is 12.6 Å². The molecule has 0 radical (unpaired) electrons. The average Bonchev–Trinajstić information content (AvgIpc) is 3.06. The van der Waals surface area contributed by atoms with Crippen LogP contribution in [0.15, 0.2) is 48.5 Å². The molecule has 0 bridgehead atoms. The smallest absolute Gasteiger partial charge is 0.416 e. The molecule has 3 rings (SSSR count). The minimum Gasteiger partial charge on any atom is -0.447 e. The molecule has 7 heteroatoms. The molecule has 1 N–H and O–H groups in total. The molecule has 0 saturated carbocycles. The standard InChI is InChI=1S/C19H18ClFN2O3/c1-22-17(18(24)23-9-10-26-19(23)25)16(12-5-7-14(20)8-6-12)13-3-2-4-15(21)11-13/h2-8,11,16-17,22H,9-10H2,1H3. The Morgan fingerprint density at radius 2 is 1.96 bits per heavy atom. The van der Waals surface area contributed by atoms with Crippen LogP contribution in [0.3, 0.4) is 0 Å². The number of carbonyl (C=O) groups is 2. The van der Waals surface area contributed by atoms with Gasteiger partial charge in [-0.15, -0.1) is 0 Å². The second-order valence-electron chi connectivity index (χ2n) is 5.95. The van der Waals surface area contributed by atoms with Gasteiger partial charge < -0.3 is 10.1 Å². The Kier molecular flexibility index (Phi) is 5.54. The fourth-order valence-electron chi connectivity index (χ4n) is 3.14. The number of imide groups is 1. The molecule has 0 aliphatic carbocycles. The van der Waals surface area contributed by atoms with Gasteiger partial charge in [-0.1, -0.05) is 35.9 Å². The fraction of sp³-hybridized carbons (Fsp3) is 0.263. The van der Waals surface area contributed by atoms with Crippen LogP contribution >= 0.6 is 11.6 Å². The zero-order chi connectivity index (χ0) is 18.7. The molecule has 1 saturated heterocycles. The van der Waals surface area contributed by atoms with Gasteiger partial charge in [-0.2, -0.15) is 0 Å². The molecule has 136 valence electrons. The van der Waals surface area contributed by atoms with E-state index in [1.54, 1.807) is 43.4 Å². The highest BCUT2D eigenvalue weighted by atomic mass is 35.5. The van der Waals surface area contributed by atoms with Crippen LogP contribution in [0.2, 0.25) is 5.02 Å². The van der Waals surface area contributed by atoms with E-state index in [4.69, 9.17) is 16.3 Å². The van der Waals surface area contributed by atoms with Crippen molar-refractivity contribution in [2.75, 3.05) is 20.2 Å². The van der Waals surface area contributed by atoms with Crippen LogP contribution in [0.4, 0.5) is 9.18 Å². The topological polar surface area (TPSA) is 58.6 Å². The van der Waals surface area contributed by atoms with E-state index in [-0.39, 0.29) is 13.2 Å². The molecule has 1 aliphatic heterocycles. The van der Waals surface area contributed by atoms with Gasteiger partial charge in [0, 0.05) is 10.9 Å². The van der Waals surface area contributed by atoms with Gasteiger partial charge in [-0.05, 0) is 42.4 Å². The number of hydrogen-bond acceptors (Lipinski definition) is 4. The van der Waals surface area contributed by atoms with E-state index in [0.29, 0.717) is 10.6 Å². The zero-order valence-electron chi connectivity index (χ0n) is 14.1. The number of benzene rings is 2. The number of hydrogen-bond donors (Lipinski definition) is 1. The first kappa shape index (κ1) is 18.4. The number of cyclic esters (lactones) is 1. The van der Waals surface area contributed by atoms with E-state index in [1.807, 2.05) is 0 Å². The van der Waals surface area contributed by atoms with Crippen molar-refractivity contribution in [3.63, 3.8) is 0 Å². The second kappa shape index (κ2) is 7.85. The third-order valence-corrected chi connectivity index (χ3v) is 4.63. The Labute approximate surface area is 155 Å². The quantitative estimate of drug-likeness (QED) is 0.870. The molecular formula is C19H18ClFN2O3. The predicted octanol–water partition coefficient (Wildman–Crippen LogP) is 3.18. The summed E-state index contributed by atoms with van der Waals surface area (Å²) in [6.07, 6.45) is -0.663. The molecular weight excluding hydrogens is 359 g/mol. The number of carbonyl (C=O) groups excluding carboxylic acids is 2. The van der Waals surface area contributed by atoms with Gasteiger partial charge in [0.25, 0.3) is 0 Å². The number of nitrogens with zero attached hydrogens (tertiary/aromatic N) is 1. The minimum absolute atomic E-state index is 0.173. The summed E-state index contributed by atoms with van der Waals surface area (Å²) in [4.78, 5) is 25.9. The van der Waals surface area contributed by atoms with Crippen molar-refractivity contribution in [3.8, 4) is 0 Å². The van der Waals surface area contributed by atoms with Crippen LogP contribution in [-0.2, 0) is 9.53 Å². The molecule has 0 spiro atoms. The van der Waals surface area contributed by atoms with Crippen LogP contribution < -0.4 is 5.32 Å². The maximum atomic E-state index is 13.8. The minimum atomic E-state index is -0.774. The Morgan fingerprint density at radius 3 is 2.54 bits per heavy atom. The molecule has 5 nitrogen and oxygen atoms in total. The summed E-state index contributed by atoms with van der Waals surface area (Å²) in [7, 11) is 1.63. The summed E-state index contributed by atoms with van der Waals surface area (Å²) in [6.45, 7) is 0.374. The molecule has 0 aromatic heterocycles. The van der Waals surface area contributed by atoms with Crippen molar-refractivity contribution in [1.82, 2.24) is 10.2 Å². The first-order valence-corrected chi connectivity index (χ1v) is 8.55. The van der Waals surface area contributed by atoms with Crippen molar-refractivity contribution < 1.29 is 18.7 Å². The van der Waals surface area contributed by atoms with Gasteiger partial charge in [0.1, 0.15) is 12.4 Å². The number of likely N-dealkylation sites (N-methyl/N-ethyl adjacent to an activating group) is 1. The largest absolute Gasteiger partial charge is 0.447 e. The van der Waals surface area contributed by atoms with Crippen molar-refractivity contribution in [1.29, 1.82) is 0 Å². The summed E-state index contributed by atoms with van der Waals surface area (Å²) < 4.78 is 18.7. The Bertz CT molecular complexity index is 813. The molecule has 2 unspecified atom stereocenters. The fourth-order valence-corrected chi connectivity index (χ4v) is 3.27. The number of halogens is 2. The van der Waals surface area contributed by atoms with E-state index >= 15 is 0 Å². The molecule has 26 heavy (non-hydrogen) atoms. The maximum Gasteiger partial charge on any atom is 0.416 e. The Hall–Kier alpha value is -2.44. The highest BCUT2D eigenvalue weighted by Gasteiger charge is 2.38. The van der Waals surface area contributed by atoms with Crippen LogP contribution in [0.1, 0.15) is 17.0 Å². The van der Waals surface area contributed by atoms with Crippen molar-refractivity contribution in [2.45, 2.75) is 12.0 Å². The monoisotopic (exact) mass is 376 g/mol. The SMILES string of the molecule is CNC(C(=O)N1CCOC1=O)C(c1ccc(Cl)cc1)c1cccc(F)c1. The number of rotatable bonds is 5. The van der Waals surface area contributed by atoms with Gasteiger partial charge in [0.2, 0.25) is 5.91 Å². The van der Waals surface area contributed by atoms with E-state index in [1.165, 1.54) is 12.1 Å². The molecule has 2 atom stereocenters. The van der Waals surface area contributed by atoms with Gasteiger partial charge in [-0.3, -0.25) is 4.79 Å². The molecule has 2 aromatic carbocycles. The number of ether oxygens (including phenoxy) is 1. The summed E-state index contributed by atoms with van der Waals surface area (Å²) in [5.41, 5.74) is 1.40. The first-order chi connectivity index (χ1) is 12.5. The molecule has 1 heterocycles. The van der Waals surface area contributed by atoms with Crippen LogP contribution in [0, 0.1) is 5.82 Å². The number of nitrogens with one attached hydrogen (secondary N) is 1. The average molecular weight is 377 g/mol. The first-order valence-electron chi connectivity index (χ1n) is 8.17. The van der Waals surface area contributed by atoms with Gasteiger partial charge in [-0.25, -0.2) is 14.1 Å². The van der Waals surface area contributed by atoms with Crippen molar-refractivity contribution in [3.05, 3.63) is 70.5 Å². The third kappa shape index (κ3) is 3.71. The van der Waals surface area contributed by atoms with E-state index < -0.39 is 29.8 Å². The maximum absolute atomic E-state index is 13.8. The predicted molar refractivity (Wildman–Crippen MR) is 95.6 cm³/mol. The Balaban J connectivity index is 2.04. The van der Waals surface area contributed by atoms with E-state index in [2.05, 4.69) is 5.32 Å². The lowest BCUT2D eigenvalue weighted by molar-refractivity contribution is -0.130. The summed E-state index contributed by atoms with van der Waals surface area (Å²) >= 11 is 5.97. The number of amides is 2. The van der Waals surface area contributed by atoms with Crippen molar-refractivity contribution >= 4 is 23.6 Å². The summed E-state index contributed by atoms with van der Waals surface area (Å²) in [5, 5.41) is 3.53. The van der Waals surface area contributed by atoms with Gasteiger partial charge in [0.15, 0.2) is 0 Å². The van der Waals surface area contributed by atoms with E-state index in [9.17, 15) is 14.0 Å². The normalized spacial score (nSPS) is 16.3. The molecule has 1 aliphatic rings. The summed E-state index contributed by atoms with van der Waals surface area (Å²) in [5.74, 6) is -1.32.